The maximum atomic E-state index is 11.8. The highest BCUT2D eigenvalue weighted by molar-refractivity contribution is 7.99. The number of thiol groups is 1. The van der Waals surface area contributed by atoms with Crippen molar-refractivity contribution in [2.75, 3.05) is 23.8 Å². The van der Waals surface area contributed by atoms with Gasteiger partial charge in [0.15, 0.2) is 0 Å². The van der Waals surface area contributed by atoms with Crippen LogP contribution in [-0.4, -0.2) is 29.7 Å². The van der Waals surface area contributed by atoms with E-state index in [2.05, 4.69) is 17.9 Å². The summed E-state index contributed by atoms with van der Waals surface area (Å²) >= 11 is 6.22. The SMILES string of the molecule is O=C1NCCSCCCCCCCC1CS. The van der Waals surface area contributed by atoms with Gasteiger partial charge in [-0.2, -0.15) is 24.4 Å². The Balaban J connectivity index is 2.34. The van der Waals surface area contributed by atoms with E-state index in [0.717, 1.165) is 18.7 Å². The molecule has 0 saturated carbocycles. The van der Waals surface area contributed by atoms with Crippen LogP contribution in [-0.2, 0) is 4.79 Å². The van der Waals surface area contributed by atoms with E-state index >= 15 is 0 Å². The van der Waals surface area contributed by atoms with Crippen LogP contribution in [0.25, 0.3) is 0 Å². The van der Waals surface area contributed by atoms with Crippen molar-refractivity contribution >= 4 is 30.3 Å². The Hall–Kier alpha value is 0.170. The van der Waals surface area contributed by atoms with Gasteiger partial charge in [0.2, 0.25) is 5.91 Å². The smallest absolute Gasteiger partial charge is 0.223 e. The number of hydrogen-bond donors (Lipinski definition) is 2. The summed E-state index contributed by atoms with van der Waals surface area (Å²) in [4.78, 5) is 11.8. The summed E-state index contributed by atoms with van der Waals surface area (Å²) in [5.41, 5.74) is 0. The number of nitrogens with one attached hydrogen (secondary N) is 1. The predicted molar refractivity (Wildman–Crippen MR) is 75.4 cm³/mol. The second-order valence-corrected chi connectivity index (χ2v) is 5.93. The van der Waals surface area contributed by atoms with Crippen LogP contribution < -0.4 is 5.32 Å². The van der Waals surface area contributed by atoms with E-state index in [1.54, 1.807) is 0 Å². The molecule has 4 heteroatoms. The van der Waals surface area contributed by atoms with E-state index in [1.165, 1.54) is 37.9 Å². The fraction of sp³-hybridized carbons (Fsp3) is 0.917. The van der Waals surface area contributed by atoms with E-state index in [1.807, 2.05) is 11.8 Å². The molecule has 1 rings (SSSR count). The van der Waals surface area contributed by atoms with Crippen molar-refractivity contribution < 1.29 is 4.79 Å². The molecule has 0 aromatic heterocycles. The summed E-state index contributed by atoms with van der Waals surface area (Å²) in [5, 5.41) is 3.01. The first-order valence-corrected chi connectivity index (χ1v) is 8.09. The molecule has 1 amide bonds. The molecular formula is C12H23NOS2. The lowest BCUT2D eigenvalue weighted by Crippen LogP contribution is -2.33. The minimum absolute atomic E-state index is 0.120. The van der Waals surface area contributed by atoms with E-state index in [9.17, 15) is 4.79 Å². The van der Waals surface area contributed by atoms with Crippen molar-refractivity contribution in [3.8, 4) is 0 Å². The quantitative estimate of drug-likeness (QED) is 0.711. The number of hydrogen-bond acceptors (Lipinski definition) is 3. The second-order valence-electron chi connectivity index (χ2n) is 4.34. The molecule has 1 N–H and O–H groups in total. The summed E-state index contributed by atoms with van der Waals surface area (Å²) in [6, 6.07) is 0. The second kappa shape index (κ2) is 9.23. The third kappa shape index (κ3) is 6.04. The van der Waals surface area contributed by atoms with Crippen molar-refractivity contribution in [1.29, 1.82) is 0 Å². The van der Waals surface area contributed by atoms with Gasteiger partial charge in [0.25, 0.3) is 0 Å². The number of carbonyl (C=O) groups excluding carboxylic acids is 1. The van der Waals surface area contributed by atoms with Crippen LogP contribution in [0.15, 0.2) is 0 Å². The Kier molecular flexibility index (Phi) is 8.21. The Morgan fingerprint density at radius 1 is 1.19 bits per heavy atom. The van der Waals surface area contributed by atoms with Gasteiger partial charge in [0.05, 0.1) is 0 Å². The lowest BCUT2D eigenvalue weighted by atomic mass is 10.0. The lowest BCUT2D eigenvalue weighted by Gasteiger charge is -2.13. The molecule has 1 saturated heterocycles. The van der Waals surface area contributed by atoms with Crippen molar-refractivity contribution in [2.24, 2.45) is 5.92 Å². The standard InChI is InChI=1S/C12H23NOS2/c14-12-11(10-15)6-4-2-1-3-5-8-16-9-7-13-12/h11,15H,1-10H2,(H,13,14). The number of thioether (sulfide) groups is 1. The molecule has 2 nitrogen and oxygen atoms in total. The van der Waals surface area contributed by atoms with Crippen LogP contribution >= 0.6 is 24.4 Å². The fourth-order valence-corrected chi connectivity index (χ4v) is 3.13. The van der Waals surface area contributed by atoms with Crippen LogP contribution in [0.3, 0.4) is 0 Å². The Morgan fingerprint density at radius 2 is 1.94 bits per heavy atom. The summed E-state index contributed by atoms with van der Waals surface area (Å²) < 4.78 is 0. The predicted octanol–water partition coefficient (Wildman–Crippen LogP) is 2.74. The summed E-state index contributed by atoms with van der Waals surface area (Å²) in [5.74, 6) is 3.29. The fourth-order valence-electron chi connectivity index (χ4n) is 1.92. The highest BCUT2D eigenvalue weighted by Crippen LogP contribution is 2.15. The van der Waals surface area contributed by atoms with Crippen LogP contribution in [0.4, 0.5) is 0 Å². The van der Waals surface area contributed by atoms with Gasteiger partial charge in [-0.05, 0) is 18.6 Å². The molecule has 0 aromatic rings. The monoisotopic (exact) mass is 261 g/mol. The van der Waals surface area contributed by atoms with Gasteiger partial charge in [-0.15, -0.1) is 0 Å². The maximum absolute atomic E-state index is 11.8. The molecule has 1 unspecified atom stereocenters. The third-order valence-corrected chi connectivity index (χ3v) is 4.49. The van der Waals surface area contributed by atoms with E-state index in [-0.39, 0.29) is 11.8 Å². The van der Waals surface area contributed by atoms with Crippen molar-refractivity contribution in [1.82, 2.24) is 5.32 Å². The van der Waals surface area contributed by atoms with Gasteiger partial charge < -0.3 is 5.32 Å². The van der Waals surface area contributed by atoms with Crippen LogP contribution in [0.5, 0.6) is 0 Å². The number of carbonyl (C=O) groups is 1. The van der Waals surface area contributed by atoms with Crippen molar-refractivity contribution in [3.05, 3.63) is 0 Å². The zero-order valence-electron chi connectivity index (χ0n) is 9.91. The third-order valence-electron chi connectivity index (χ3n) is 2.98. The zero-order valence-corrected chi connectivity index (χ0v) is 11.6. The lowest BCUT2D eigenvalue weighted by molar-refractivity contribution is -0.124. The first kappa shape index (κ1) is 14.2. The van der Waals surface area contributed by atoms with Gasteiger partial charge in [-0.25, -0.2) is 0 Å². The molecule has 1 fully saturated rings. The maximum Gasteiger partial charge on any atom is 0.223 e. The van der Waals surface area contributed by atoms with Gasteiger partial charge in [-0.1, -0.05) is 25.7 Å². The Labute approximate surface area is 109 Å². The Morgan fingerprint density at radius 3 is 2.75 bits per heavy atom. The number of rotatable bonds is 1. The first-order chi connectivity index (χ1) is 7.84. The van der Waals surface area contributed by atoms with Gasteiger partial charge >= 0.3 is 0 Å². The molecule has 1 atom stereocenters. The van der Waals surface area contributed by atoms with Gasteiger partial charge in [0, 0.05) is 24.0 Å². The van der Waals surface area contributed by atoms with Gasteiger partial charge in [0.1, 0.15) is 0 Å². The summed E-state index contributed by atoms with van der Waals surface area (Å²) in [6.45, 7) is 0.813. The molecule has 16 heavy (non-hydrogen) atoms. The Bertz CT molecular complexity index is 199. The molecule has 0 aliphatic carbocycles. The minimum atomic E-state index is 0.120. The van der Waals surface area contributed by atoms with Gasteiger partial charge in [-0.3, -0.25) is 4.79 Å². The highest BCUT2D eigenvalue weighted by atomic mass is 32.2. The first-order valence-electron chi connectivity index (χ1n) is 6.31. The van der Waals surface area contributed by atoms with Crippen LogP contribution in [0, 0.1) is 5.92 Å². The normalized spacial score (nSPS) is 26.1. The molecule has 0 spiro atoms. The van der Waals surface area contributed by atoms with Crippen molar-refractivity contribution in [2.45, 2.75) is 38.5 Å². The summed E-state index contributed by atoms with van der Waals surface area (Å²) in [7, 11) is 0. The van der Waals surface area contributed by atoms with Crippen molar-refractivity contribution in [3.63, 3.8) is 0 Å². The van der Waals surface area contributed by atoms with Crippen LogP contribution in [0.2, 0.25) is 0 Å². The van der Waals surface area contributed by atoms with E-state index < -0.39 is 0 Å². The molecule has 1 heterocycles. The highest BCUT2D eigenvalue weighted by Gasteiger charge is 2.15. The molecule has 94 valence electrons. The molecule has 1 aliphatic rings. The summed E-state index contributed by atoms with van der Waals surface area (Å²) in [6.07, 6.45) is 7.44. The average Bonchev–Trinajstić information content (AvgIpc) is 2.31. The minimum Gasteiger partial charge on any atom is -0.355 e. The molecular weight excluding hydrogens is 238 g/mol. The van der Waals surface area contributed by atoms with E-state index in [4.69, 9.17) is 0 Å². The molecule has 0 aromatic carbocycles. The molecule has 1 aliphatic heterocycles. The molecule has 0 bridgehead atoms. The van der Waals surface area contributed by atoms with E-state index in [0.29, 0.717) is 5.75 Å². The zero-order chi connectivity index (χ0) is 11.6. The molecule has 0 radical (unpaired) electrons. The topological polar surface area (TPSA) is 29.1 Å². The largest absolute Gasteiger partial charge is 0.355 e. The average molecular weight is 261 g/mol. The van der Waals surface area contributed by atoms with Crippen LogP contribution in [0.1, 0.15) is 38.5 Å². The number of amides is 1.